The molecule has 1 aliphatic rings. The van der Waals surface area contributed by atoms with Gasteiger partial charge < -0.3 is 9.47 Å². The fourth-order valence-electron chi connectivity index (χ4n) is 1.68. The van der Waals surface area contributed by atoms with Gasteiger partial charge in [-0.2, -0.15) is 0 Å². The smallest absolute Gasteiger partial charge is 0.311 e. The van der Waals surface area contributed by atoms with Crippen LogP contribution < -0.4 is 4.74 Å². The number of nitro benzene ring substituents is 1. The number of nitro groups is 1. The molecule has 0 aromatic heterocycles. The fourth-order valence-corrected chi connectivity index (χ4v) is 1.68. The minimum atomic E-state index is -0.583. The molecule has 0 N–H and O–H groups in total. The maximum atomic E-state index is 13.0. The summed E-state index contributed by atoms with van der Waals surface area (Å²) in [6.07, 6.45) is 0.864. The Morgan fingerprint density at radius 2 is 2.41 bits per heavy atom. The Bertz CT molecular complexity index is 418. The molecule has 0 saturated carbocycles. The van der Waals surface area contributed by atoms with E-state index >= 15 is 0 Å². The van der Waals surface area contributed by atoms with Gasteiger partial charge in [0.05, 0.1) is 18.1 Å². The van der Waals surface area contributed by atoms with E-state index in [2.05, 4.69) is 0 Å². The first kappa shape index (κ1) is 11.8. The highest BCUT2D eigenvalue weighted by molar-refractivity contribution is 5.46. The molecule has 1 atom stereocenters. The zero-order chi connectivity index (χ0) is 12.3. The van der Waals surface area contributed by atoms with Gasteiger partial charge in [0.2, 0.25) is 0 Å². The average Bonchev–Trinajstić information content (AvgIpc) is 2.78. The van der Waals surface area contributed by atoms with Gasteiger partial charge in [-0.05, 0) is 12.5 Å². The van der Waals surface area contributed by atoms with Gasteiger partial charge in [0.25, 0.3) is 0 Å². The van der Waals surface area contributed by atoms with Gasteiger partial charge in [-0.25, -0.2) is 4.39 Å². The number of hydrogen-bond acceptors (Lipinski definition) is 4. The molecule has 6 heteroatoms. The van der Waals surface area contributed by atoms with E-state index in [1.807, 2.05) is 0 Å². The molecule has 92 valence electrons. The predicted octanol–water partition coefficient (Wildman–Crippen LogP) is 2.15. The first-order valence-corrected chi connectivity index (χ1v) is 5.31. The zero-order valence-electron chi connectivity index (χ0n) is 9.10. The van der Waals surface area contributed by atoms with Gasteiger partial charge in [-0.3, -0.25) is 10.1 Å². The molecule has 1 saturated heterocycles. The summed E-state index contributed by atoms with van der Waals surface area (Å²) in [5.74, 6) is -0.354. The Hall–Kier alpha value is -1.69. The van der Waals surface area contributed by atoms with E-state index in [1.165, 1.54) is 0 Å². The topological polar surface area (TPSA) is 61.6 Å². The highest BCUT2D eigenvalue weighted by atomic mass is 19.1. The van der Waals surface area contributed by atoms with Crippen molar-refractivity contribution < 1.29 is 18.8 Å². The average molecular weight is 241 g/mol. The summed E-state index contributed by atoms with van der Waals surface area (Å²) in [5, 5.41) is 10.7. The maximum Gasteiger partial charge on any atom is 0.311 e. The lowest BCUT2D eigenvalue weighted by atomic mass is 10.1. The molecule has 5 nitrogen and oxygen atoms in total. The number of rotatable bonds is 4. The first-order chi connectivity index (χ1) is 8.16. The summed E-state index contributed by atoms with van der Waals surface area (Å²) in [6, 6.07) is 3.19. The number of halogens is 1. The Kier molecular flexibility index (Phi) is 3.53. The number of nitrogens with zero attached hydrogens (tertiary/aromatic N) is 1. The van der Waals surface area contributed by atoms with E-state index in [-0.39, 0.29) is 17.4 Å². The van der Waals surface area contributed by atoms with Crippen molar-refractivity contribution in [3.8, 4) is 5.75 Å². The molecule has 1 aromatic carbocycles. The van der Waals surface area contributed by atoms with Crippen LogP contribution in [0.3, 0.4) is 0 Å². The molecule has 1 aromatic rings. The second-order valence-electron chi connectivity index (χ2n) is 3.91. The lowest BCUT2D eigenvalue weighted by Gasteiger charge is -2.10. The van der Waals surface area contributed by atoms with Crippen LogP contribution in [-0.4, -0.2) is 24.7 Å². The minimum Gasteiger partial charge on any atom is -0.486 e. The van der Waals surface area contributed by atoms with Crippen LogP contribution in [0.15, 0.2) is 18.2 Å². The molecule has 0 bridgehead atoms. The van der Waals surface area contributed by atoms with E-state index in [4.69, 9.17) is 9.47 Å². The molecule has 0 spiro atoms. The molecular formula is C11H12FNO4. The predicted molar refractivity (Wildman–Crippen MR) is 57.5 cm³/mol. The Balaban J connectivity index is 2.07. The van der Waals surface area contributed by atoms with Crippen molar-refractivity contribution in [2.24, 2.45) is 5.92 Å². The third kappa shape index (κ3) is 2.91. The Morgan fingerprint density at radius 3 is 3.06 bits per heavy atom. The van der Waals surface area contributed by atoms with Crippen molar-refractivity contribution in [3.63, 3.8) is 0 Å². The van der Waals surface area contributed by atoms with Crippen LogP contribution in [0, 0.1) is 21.8 Å². The Morgan fingerprint density at radius 1 is 1.59 bits per heavy atom. The second-order valence-corrected chi connectivity index (χ2v) is 3.91. The lowest BCUT2D eigenvalue weighted by Crippen LogP contribution is -2.12. The zero-order valence-corrected chi connectivity index (χ0v) is 9.10. The number of ether oxygens (including phenoxy) is 2. The summed E-state index contributed by atoms with van der Waals surface area (Å²) in [5.41, 5.74) is -0.217. The quantitative estimate of drug-likeness (QED) is 0.598. The first-order valence-electron chi connectivity index (χ1n) is 5.31. The molecule has 1 heterocycles. The largest absolute Gasteiger partial charge is 0.486 e. The monoisotopic (exact) mass is 241 g/mol. The Labute approximate surface area is 97.3 Å². The van der Waals surface area contributed by atoms with E-state index in [0.29, 0.717) is 19.8 Å². The van der Waals surface area contributed by atoms with E-state index < -0.39 is 10.7 Å². The molecule has 17 heavy (non-hydrogen) atoms. The SMILES string of the molecule is O=[N+]([O-])c1ccc(F)cc1OCC1CCOC1. The fraction of sp³-hybridized carbons (Fsp3) is 0.455. The van der Waals surface area contributed by atoms with Crippen molar-refractivity contribution in [2.45, 2.75) is 6.42 Å². The third-order valence-electron chi connectivity index (χ3n) is 2.62. The normalized spacial score (nSPS) is 19.2. The van der Waals surface area contributed by atoms with Gasteiger partial charge in [-0.1, -0.05) is 0 Å². The molecule has 0 amide bonds. The molecule has 0 radical (unpaired) electrons. The molecule has 1 aliphatic heterocycles. The highest BCUT2D eigenvalue weighted by Gasteiger charge is 2.20. The number of benzene rings is 1. The van der Waals surface area contributed by atoms with Crippen LogP contribution in [0.2, 0.25) is 0 Å². The van der Waals surface area contributed by atoms with Gasteiger partial charge in [0.1, 0.15) is 5.82 Å². The minimum absolute atomic E-state index is 0.0260. The van der Waals surface area contributed by atoms with Crippen molar-refractivity contribution >= 4 is 5.69 Å². The van der Waals surface area contributed by atoms with E-state index in [9.17, 15) is 14.5 Å². The molecular weight excluding hydrogens is 229 g/mol. The van der Waals surface area contributed by atoms with Crippen LogP contribution >= 0.6 is 0 Å². The van der Waals surface area contributed by atoms with Crippen LogP contribution in [0.1, 0.15) is 6.42 Å². The summed E-state index contributed by atoms with van der Waals surface area (Å²) in [6.45, 7) is 1.58. The van der Waals surface area contributed by atoms with Gasteiger partial charge in [0.15, 0.2) is 5.75 Å². The number of hydrogen-bond donors (Lipinski definition) is 0. The van der Waals surface area contributed by atoms with Crippen LogP contribution in [-0.2, 0) is 4.74 Å². The van der Waals surface area contributed by atoms with Crippen molar-refractivity contribution in [3.05, 3.63) is 34.1 Å². The molecule has 0 aliphatic carbocycles. The van der Waals surface area contributed by atoms with Crippen molar-refractivity contribution in [1.82, 2.24) is 0 Å². The summed E-state index contributed by atoms with van der Waals surface area (Å²) in [7, 11) is 0. The molecule has 1 unspecified atom stereocenters. The highest BCUT2D eigenvalue weighted by Crippen LogP contribution is 2.28. The van der Waals surface area contributed by atoms with Crippen LogP contribution in [0.4, 0.5) is 10.1 Å². The molecule has 1 fully saturated rings. The van der Waals surface area contributed by atoms with E-state index in [0.717, 1.165) is 24.6 Å². The van der Waals surface area contributed by atoms with Gasteiger partial charge in [-0.15, -0.1) is 0 Å². The molecule has 2 rings (SSSR count). The summed E-state index contributed by atoms with van der Waals surface area (Å²) >= 11 is 0. The van der Waals surface area contributed by atoms with Crippen molar-refractivity contribution in [1.29, 1.82) is 0 Å². The van der Waals surface area contributed by atoms with E-state index in [1.54, 1.807) is 0 Å². The maximum absolute atomic E-state index is 13.0. The van der Waals surface area contributed by atoms with Crippen LogP contribution in [0.5, 0.6) is 5.75 Å². The standard InChI is InChI=1S/C11H12FNO4/c12-9-1-2-10(13(14)15)11(5-9)17-7-8-3-4-16-6-8/h1-2,5,8H,3-4,6-7H2. The van der Waals surface area contributed by atoms with Crippen LogP contribution in [0.25, 0.3) is 0 Å². The second kappa shape index (κ2) is 5.09. The lowest BCUT2D eigenvalue weighted by molar-refractivity contribution is -0.386. The third-order valence-corrected chi connectivity index (χ3v) is 2.62. The van der Waals surface area contributed by atoms with Gasteiger partial charge >= 0.3 is 5.69 Å². The summed E-state index contributed by atoms with van der Waals surface area (Å²) < 4.78 is 23.4. The summed E-state index contributed by atoms with van der Waals surface area (Å²) in [4.78, 5) is 10.1. The van der Waals surface area contributed by atoms with Gasteiger partial charge in [0, 0.05) is 24.7 Å². The van der Waals surface area contributed by atoms with Crippen molar-refractivity contribution in [2.75, 3.05) is 19.8 Å².